The number of furan rings is 1. The van der Waals surface area contributed by atoms with Gasteiger partial charge in [0.05, 0.1) is 11.4 Å². The average molecular weight is 643 g/mol. The van der Waals surface area contributed by atoms with Crippen molar-refractivity contribution in [1.29, 1.82) is 0 Å². The summed E-state index contributed by atoms with van der Waals surface area (Å²) in [5.74, 6) is 0. The molecule has 0 saturated heterocycles. The van der Waals surface area contributed by atoms with Crippen LogP contribution in [0.3, 0.4) is 0 Å². The lowest BCUT2D eigenvalue weighted by Gasteiger charge is -2.13. The van der Waals surface area contributed by atoms with Gasteiger partial charge in [-0.15, -0.1) is 0 Å². The second kappa shape index (κ2) is 12.2. The van der Waals surface area contributed by atoms with Gasteiger partial charge in [-0.3, -0.25) is 4.99 Å². The van der Waals surface area contributed by atoms with Gasteiger partial charge in [-0.1, -0.05) is 133 Å². The zero-order valence-corrected chi connectivity index (χ0v) is 27.7. The maximum Gasteiger partial charge on any atom is 0.143 e. The van der Waals surface area contributed by atoms with Gasteiger partial charge in [-0.2, -0.15) is 0 Å². The van der Waals surface area contributed by atoms with E-state index < -0.39 is 0 Å². The summed E-state index contributed by atoms with van der Waals surface area (Å²) in [6.45, 7) is 2.07. The molecule has 0 radical (unpaired) electrons. The Hall–Kier alpha value is -6.45. The maximum atomic E-state index is 6.84. The van der Waals surface area contributed by atoms with E-state index in [2.05, 4.69) is 165 Å². The standard InChI is InChI=1S/C47H34N2O/c1-30(49-46-40-22-11-9-20-38(40)37-19-8-10-21-39(37)45(46)48)34-17-12-18-36(28-34)41-26-32(25-31-13-4-2-5-14-31)27-43-42-29-35(33-15-6-3-7-16-33)23-24-44(42)50-47(41)43/h2-24,26-29H,25,48H2,1H3. The quantitative estimate of drug-likeness (QED) is 0.111. The molecule has 1 aromatic heterocycles. The third-order valence-corrected chi connectivity index (χ3v) is 9.80. The van der Waals surface area contributed by atoms with Gasteiger partial charge in [-0.25, -0.2) is 0 Å². The maximum absolute atomic E-state index is 6.84. The van der Waals surface area contributed by atoms with E-state index >= 15 is 0 Å². The van der Waals surface area contributed by atoms with E-state index in [0.29, 0.717) is 5.69 Å². The summed E-state index contributed by atoms with van der Waals surface area (Å²) in [6, 6.07) is 57.6. The smallest absolute Gasteiger partial charge is 0.143 e. The van der Waals surface area contributed by atoms with Crippen molar-refractivity contribution in [2.45, 2.75) is 13.3 Å². The number of aliphatic imine (C=N–C) groups is 1. The second-order valence-corrected chi connectivity index (χ2v) is 13.0. The Morgan fingerprint density at radius 1 is 0.520 bits per heavy atom. The van der Waals surface area contributed by atoms with Crippen LogP contribution in [-0.2, 0) is 6.42 Å². The number of nitrogens with zero attached hydrogens (tertiary/aromatic N) is 1. The molecule has 0 aliphatic heterocycles. The minimum Gasteiger partial charge on any atom is -0.455 e. The molecule has 9 aromatic rings. The highest BCUT2D eigenvalue weighted by molar-refractivity contribution is 6.20. The minimum atomic E-state index is 0.697. The van der Waals surface area contributed by atoms with Gasteiger partial charge in [0.25, 0.3) is 0 Å². The fourth-order valence-corrected chi connectivity index (χ4v) is 7.31. The van der Waals surface area contributed by atoms with Crippen LogP contribution in [0.5, 0.6) is 0 Å². The first kappa shape index (κ1) is 29.7. The van der Waals surface area contributed by atoms with Crippen molar-refractivity contribution in [1.82, 2.24) is 0 Å². The number of fused-ring (bicyclic) bond motifs is 6. The topological polar surface area (TPSA) is 51.5 Å². The number of nitrogen functional groups attached to an aromatic ring is 1. The van der Waals surface area contributed by atoms with Crippen LogP contribution in [0.2, 0.25) is 0 Å². The van der Waals surface area contributed by atoms with Crippen molar-refractivity contribution < 1.29 is 4.42 Å². The number of anilines is 1. The summed E-state index contributed by atoms with van der Waals surface area (Å²) in [5, 5.41) is 6.59. The molecule has 0 fully saturated rings. The monoisotopic (exact) mass is 642 g/mol. The molecule has 0 unspecified atom stereocenters. The van der Waals surface area contributed by atoms with Crippen molar-refractivity contribution in [2.75, 3.05) is 5.73 Å². The van der Waals surface area contributed by atoms with Gasteiger partial charge in [-0.05, 0) is 87.8 Å². The summed E-state index contributed by atoms with van der Waals surface area (Å²) >= 11 is 0. The molecule has 0 spiro atoms. The zero-order valence-electron chi connectivity index (χ0n) is 27.7. The first-order valence-corrected chi connectivity index (χ1v) is 17.0. The fraction of sp³-hybridized carbons (Fsp3) is 0.0426. The van der Waals surface area contributed by atoms with Crippen LogP contribution in [0.25, 0.3) is 65.7 Å². The molecule has 0 bridgehead atoms. The van der Waals surface area contributed by atoms with E-state index in [9.17, 15) is 0 Å². The highest BCUT2D eigenvalue weighted by atomic mass is 16.3. The Kier molecular flexibility index (Phi) is 7.25. The van der Waals surface area contributed by atoms with Gasteiger partial charge in [0.1, 0.15) is 11.2 Å². The van der Waals surface area contributed by atoms with Crippen LogP contribution in [0.4, 0.5) is 11.4 Å². The second-order valence-electron chi connectivity index (χ2n) is 13.0. The normalized spacial score (nSPS) is 12.0. The highest BCUT2D eigenvalue weighted by Crippen LogP contribution is 2.42. The molecule has 50 heavy (non-hydrogen) atoms. The fourth-order valence-electron chi connectivity index (χ4n) is 7.31. The third-order valence-electron chi connectivity index (χ3n) is 9.80. The van der Waals surface area contributed by atoms with Crippen LogP contribution in [-0.4, -0.2) is 5.71 Å². The molecule has 0 saturated carbocycles. The molecule has 3 nitrogen and oxygen atoms in total. The lowest BCUT2D eigenvalue weighted by atomic mass is 9.94. The molecule has 0 amide bonds. The summed E-state index contributed by atoms with van der Waals surface area (Å²) in [6.07, 6.45) is 0.823. The van der Waals surface area contributed by atoms with Crippen molar-refractivity contribution in [3.63, 3.8) is 0 Å². The highest BCUT2D eigenvalue weighted by Gasteiger charge is 2.17. The largest absolute Gasteiger partial charge is 0.455 e. The molecule has 0 aliphatic carbocycles. The molecule has 9 rings (SSSR count). The SMILES string of the molecule is CC(=Nc1c(N)c2ccccc2c2ccccc12)c1cccc(-c2cc(Cc3ccccc3)cc3c2oc2ccc(-c4ccccc4)cc23)c1. The van der Waals surface area contributed by atoms with Crippen molar-refractivity contribution >= 4 is 60.6 Å². The third kappa shape index (κ3) is 5.21. The number of nitrogens with two attached hydrogens (primary N) is 1. The van der Waals surface area contributed by atoms with Gasteiger partial charge >= 0.3 is 0 Å². The molecule has 8 aromatic carbocycles. The molecule has 0 aliphatic rings. The number of hydrogen-bond donors (Lipinski definition) is 1. The van der Waals surface area contributed by atoms with Crippen molar-refractivity contribution in [2.24, 2.45) is 4.99 Å². The van der Waals surface area contributed by atoms with Crippen molar-refractivity contribution in [3.05, 3.63) is 180 Å². The Morgan fingerprint density at radius 3 is 1.96 bits per heavy atom. The van der Waals surface area contributed by atoms with E-state index in [1.807, 2.05) is 6.07 Å². The van der Waals surface area contributed by atoms with Crippen LogP contribution in [0.15, 0.2) is 173 Å². The van der Waals surface area contributed by atoms with Gasteiger partial charge in [0.15, 0.2) is 0 Å². The Balaban J connectivity index is 1.20. The Labute approximate surface area is 291 Å². The first-order valence-electron chi connectivity index (χ1n) is 17.0. The van der Waals surface area contributed by atoms with Crippen LogP contribution >= 0.6 is 0 Å². The lowest BCUT2D eigenvalue weighted by Crippen LogP contribution is -1.97. The van der Waals surface area contributed by atoms with Crippen LogP contribution < -0.4 is 5.73 Å². The molecule has 3 heteroatoms. The molecule has 2 N–H and O–H groups in total. The van der Waals surface area contributed by atoms with Crippen molar-refractivity contribution in [3.8, 4) is 22.3 Å². The van der Waals surface area contributed by atoms with Gasteiger partial charge < -0.3 is 10.2 Å². The van der Waals surface area contributed by atoms with Crippen LogP contribution in [0, 0.1) is 0 Å². The summed E-state index contributed by atoms with van der Waals surface area (Å²) in [7, 11) is 0. The van der Waals surface area contributed by atoms with E-state index in [4.69, 9.17) is 15.1 Å². The lowest BCUT2D eigenvalue weighted by molar-refractivity contribution is 0.670. The predicted octanol–water partition coefficient (Wildman–Crippen LogP) is 12.5. The van der Waals surface area contributed by atoms with E-state index in [1.165, 1.54) is 22.3 Å². The molecule has 0 atom stereocenters. The summed E-state index contributed by atoms with van der Waals surface area (Å²) in [5.41, 5.74) is 19.0. The number of hydrogen-bond acceptors (Lipinski definition) is 3. The average Bonchev–Trinajstić information content (AvgIpc) is 3.55. The number of rotatable bonds is 6. The van der Waals surface area contributed by atoms with Crippen LogP contribution in [0.1, 0.15) is 23.6 Å². The molecular formula is C47H34N2O. The van der Waals surface area contributed by atoms with E-state index in [0.717, 1.165) is 78.0 Å². The Morgan fingerprint density at radius 2 is 1.18 bits per heavy atom. The summed E-state index contributed by atoms with van der Waals surface area (Å²) < 4.78 is 6.69. The van der Waals surface area contributed by atoms with E-state index in [1.54, 1.807) is 0 Å². The van der Waals surface area contributed by atoms with E-state index in [-0.39, 0.29) is 0 Å². The predicted molar refractivity (Wildman–Crippen MR) is 212 cm³/mol. The molecule has 1 heterocycles. The number of benzene rings is 8. The Bertz CT molecular complexity index is 2740. The van der Waals surface area contributed by atoms with Gasteiger partial charge in [0, 0.05) is 32.8 Å². The minimum absolute atomic E-state index is 0.697. The zero-order chi connectivity index (χ0) is 33.6. The summed E-state index contributed by atoms with van der Waals surface area (Å²) in [4.78, 5) is 5.22. The first-order chi connectivity index (χ1) is 24.6. The van der Waals surface area contributed by atoms with Gasteiger partial charge in [0.2, 0.25) is 0 Å². The molecular weight excluding hydrogens is 609 g/mol. The molecule has 238 valence electrons.